The Morgan fingerprint density at radius 3 is 2.72 bits per heavy atom. The normalized spacial score (nSPS) is 16.7. The number of carbonyl (C=O) groups excluding carboxylic acids is 3. The number of ketones is 1. The summed E-state index contributed by atoms with van der Waals surface area (Å²) in [6.07, 6.45) is 1.99. The smallest absolute Gasteiger partial charge is 0.261 e. The van der Waals surface area contributed by atoms with Crippen LogP contribution in [-0.2, 0) is 9.59 Å². The van der Waals surface area contributed by atoms with Gasteiger partial charge >= 0.3 is 0 Å². The van der Waals surface area contributed by atoms with Crippen LogP contribution in [0.25, 0.3) is 0 Å². The van der Waals surface area contributed by atoms with Crippen LogP contribution in [-0.4, -0.2) is 33.6 Å². The van der Waals surface area contributed by atoms with Crippen LogP contribution in [0.5, 0.6) is 0 Å². The van der Waals surface area contributed by atoms with Gasteiger partial charge in [-0.1, -0.05) is 17.7 Å². The maximum absolute atomic E-state index is 13.1. The van der Waals surface area contributed by atoms with Gasteiger partial charge in [-0.25, -0.2) is 15.0 Å². The van der Waals surface area contributed by atoms with Crippen molar-refractivity contribution in [3.8, 4) is 0 Å². The predicted molar refractivity (Wildman–Crippen MR) is 95.8 cm³/mol. The summed E-state index contributed by atoms with van der Waals surface area (Å²) in [4.78, 5) is 42.1. The van der Waals surface area contributed by atoms with Crippen molar-refractivity contribution in [2.24, 2.45) is 0 Å². The lowest BCUT2D eigenvalue weighted by Crippen LogP contribution is -2.54. The number of fused-ring (bicyclic) bond motifs is 1. The van der Waals surface area contributed by atoms with Crippen molar-refractivity contribution in [3.05, 3.63) is 45.4 Å². The molecular formula is C17H16ClN3O3S. The number of Topliss-reactive ketones (excluding diaryl/α,β-unsaturated/α-hetero) is 1. The molecule has 0 N–H and O–H groups in total. The van der Waals surface area contributed by atoms with Crippen LogP contribution in [0.3, 0.4) is 0 Å². The number of aromatic nitrogens is 1. The van der Waals surface area contributed by atoms with Gasteiger partial charge < -0.3 is 0 Å². The Labute approximate surface area is 154 Å². The Morgan fingerprint density at radius 2 is 2.16 bits per heavy atom. The Bertz CT molecular complexity index is 845. The van der Waals surface area contributed by atoms with Crippen LogP contribution < -0.4 is 5.01 Å². The summed E-state index contributed by atoms with van der Waals surface area (Å²) in [6.45, 7) is 5.39. The summed E-state index contributed by atoms with van der Waals surface area (Å²) in [7, 11) is 0. The summed E-state index contributed by atoms with van der Waals surface area (Å²) in [5.41, 5.74) is 0.195. The van der Waals surface area contributed by atoms with Gasteiger partial charge in [-0.2, -0.15) is 0 Å². The highest BCUT2D eigenvalue weighted by Crippen LogP contribution is 2.42. The first-order valence-electron chi connectivity index (χ1n) is 7.57. The van der Waals surface area contributed by atoms with Gasteiger partial charge in [0.25, 0.3) is 5.91 Å². The molecule has 1 aliphatic heterocycles. The third kappa shape index (κ3) is 2.94. The first-order valence-corrected chi connectivity index (χ1v) is 8.83. The number of hydrazine groups is 1. The van der Waals surface area contributed by atoms with E-state index in [0.717, 1.165) is 0 Å². The zero-order chi connectivity index (χ0) is 18.4. The van der Waals surface area contributed by atoms with Crippen molar-refractivity contribution in [2.75, 3.05) is 5.01 Å². The molecule has 0 saturated carbocycles. The van der Waals surface area contributed by atoms with Gasteiger partial charge in [0, 0.05) is 5.56 Å². The molecule has 3 rings (SSSR count). The molecule has 2 aromatic heterocycles. The van der Waals surface area contributed by atoms with E-state index in [0.29, 0.717) is 22.5 Å². The minimum absolute atomic E-state index is 0.186. The van der Waals surface area contributed by atoms with Crippen LogP contribution in [0.2, 0.25) is 5.15 Å². The first kappa shape index (κ1) is 17.6. The second-order valence-electron chi connectivity index (χ2n) is 6.61. The third-order valence-corrected chi connectivity index (χ3v) is 5.00. The van der Waals surface area contributed by atoms with Gasteiger partial charge in [-0.15, -0.1) is 11.3 Å². The SMILES string of the molecule is CC(C)(C)N(C=O)N1C(=O)C(C(=O)c2cccs2)c2cc(Cl)ncc21. The summed E-state index contributed by atoms with van der Waals surface area (Å²) in [5, 5.41) is 4.45. The average Bonchev–Trinajstić information content (AvgIpc) is 3.14. The number of amides is 2. The molecule has 1 aliphatic rings. The van der Waals surface area contributed by atoms with E-state index >= 15 is 0 Å². The predicted octanol–water partition coefficient (Wildman–Crippen LogP) is 3.28. The maximum atomic E-state index is 13.1. The molecule has 0 fully saturated rings. The van der Waals surface area contributed by atoms with Gasteiger partial charge in [0.05, 0.1) is 22.3 Å². The van der Waals surface area contributed by atoms with Gasteiger partial charge in [0.15, 0.2) is 5.78 Å². The van der Waals surface area contributed by atoms with Crippen molar-refractivity contribution in [2.45, 2.75) is 32.2 Å². The number of hydrogen-bond acceptors (Lipinski definition) is 5. The van der Waals surface area contributed by atoms with Crippen LogP contribution in [0, 0.1) is 0 Å². The summed E-state index contributed by atoms with van der Waals surface area (Å²) in [6, 6.07) is 4.94. The van der Waals surface area contributed by atoms with Crippen molar-refractivity contribution in [3.63, 3.8) is 0 Å². The minimum Gasteiger partial charge on any atom is -0.292 e. The molecule has 8 heteroatoms. The molecule has 3 heterocycles. The number of nitrogens with zero attached hydrogens (tertiary/aromatic N) is 3. The lowest BCUT2D eigenvalue weighted by atomic mass is 9.96. The number of hydrogen-bond donors (Lipinski definition) is 0. The molecule has 0 spiro atoms. The fraction of sp³-hybridized carbons (Fsp3) is 0.294. The largest absolute Gasteiger partial charge is 0.292 e. The summed E-state index contributed by atoms with van der Waals surface area (Å²) in [5.74, 6) is -1.84. The van der Waals surface area contributed by atoms with E-state index in [1.54, 1.807) is 38.3 Å². The molecule has 0 radical (unpaired) electrons. The number of carbonyl (C=O) groups is 3. The molecule has 0 aliphatic carbocycles. The Hall–Kier alpha value is -2.25. The summed E-state index contributed by atoms with van der Waals surface area (Å²) < 4.78 is 0. The molecule has 1 atom stereocenters. The fourth-order valence-corrected chi connectivity index (χ4v) is 3.62. The monoisotopic (exact) mass is 377 g/mol. The van der Waals surface area contributed by atoms with Gasteiger partial charge in [0.2, 0.25) is 6.41 Å². The molecule has 0 aromatic carbocycles. The Balaban J connectivity index is 2.14. The number of halogens is 1. The molecule has 0 bridgehead atoms. The molecule has 0 saturated heterocycles. The zero-order valence-electron chi connectivity index (χ0n) is 13.9. The van der Waals surface area contributed by atoms with Crippen molar-refractivity contribution < 1.29 is 14.4 Å². The molecule has 2 amide bonds. The number of anilines is 1. The number of rotatable bonds is 4. The molecule has 2 aromatic rings. The van der Waals surface area contributed by atoms with Crippen LogP contribution in [0.4, 0.5) is 5.69 Å². The van der Waals surface area contributed by atoms with Crippen LogP contribution >= 0.6 is 22.9 Å². The molecule has 130 valence electrons. The molecular weight excluding hydrogens is 362 g/mol. The highest BCUT2D eigenvalue weighted by atomic mass is 35.5. The molecule has 25 heavy (non-hydrogen) atoms. The zero-order valence-corrected chi connectivity index (χ0v) is 15.5. The Kier molecular flexibility index (Phi) is 4.38. The fourth-order valence-electron chi connectivity index (χ4n) is 2.76. The van der Waals surface area contributed by atoms with E-state index in [4.69, 9.17) is 11.6 Å². The lowest BCUT2D eigenvalue weighted by Gasteiger charge is -2.38. The van der Waals surface area contributed by atoms with Crippen molar-refractivity contribution in [1.29, 1.82) is 0 Å². The van der Waals surface area contributed by atoms with Gasteiger partial charge in [-0.3, -0.25) is 14.4 Å². The number of thiophene rings is 1. The maximum Gasteiger partial charge on any atom is 0.261 e. The van der Waals surface area contributed by atoms with Gasteiger partial charge in [-0.05, 0) is 38.3 Å². The van der Waals surface area contributed by atoms with E-state index in [-0.39, 0.29) is 10.9 Å². The van der Waals surface area contributed by atoms with E-state index in [1.165, 1.54) is 33.6 Å². The van der Waals surface area contributed by atoms with Crippen LogP contribution in [0.15, 0.2) is 29.8 Å². The highest BCUT2D eigenvalue weighted by molar-refractivity contribution is 7.12. The molecule has 1 unspecified atom stereocenters. The van der Waals surface area contributed by atoms with Gasteiger partial charge in [0.1, 0.15) is 11.1 Å². The van der Waals surface area contributed by atoms with E-state index < -0.39 is 17.4 Å². The standard InChI is InChI=1S/C17H16ClN3O3S/c1-17(2,3)20(9-22)21-11-8-19-13(18)7-10(11)14(16(21)24)15(23)12-5-4-6-25-12/h4-9,14H,1-3H3. The topological polar surface area (TPSA) is 70.6 Å². The van der Waals surface area contributed by atoms with Crippen LogP contribution in [0.1, 0.15) is 41.9 Å². The van der Waals surface area contributed by atoms with Crippen molar-refractivity contribution >= 4 is 46.7 Å². The van der Waals surface area contributed by atoms with E-state index in [9.17, 15) is 14.4 Å². The third-order valence-electron chi connectivity index (χ3n) is 3.90. The van der Waals surface area contributed by atoms with Crippen molar-refractivity contribution in [1.82, 2.24) is 9.99 Å². The minimum atomic E-state index is -1.04. The quantitative estimate of drug-likeness (QED) is 0.355. The Morgan fingerprint density at radius 1 is 1.44 bits per heavy atom. The van der Waals surface area contributed by atoms with E-state index in [2.05, 4.69) is 4.98 Å². The first-order chi connectivity index (χ1) is 11.8. The average molecular weight is 378 g/mol. The highest BCUT2D eigenvalue weighted by Gasteiger charge is 2.47. The second kappa shape index (κ2) is 6.24. The molecule has 6 nitrogen and oxygen atoms in total. The lowest BCUT2D eigenvalue weighted by molar-refractivity contribution is -0.132. The summed E-state index contributed by atoms with van der Waals surface area (Å²) >= 11 is 7.25. The second-order valence-corrected chi connectivity index (χ2v) is 7.95. The van der Waals surface area contributed by atoms with E-state index in [1.807, 2.05) is 0 Å². The number of pyridine rings is 1.